The quantitative estimate of drug-likeness (QED) is 0.762. The Labute approximate surface area is 133 Å². The molecular formula is C19H24N2O. The normalized spacial score (nSPS) is 24.0. The number of hydrogen-bond acceptors (Lipinski definition) is 2. The molecule has 116 valence electrons. The number of carbonyl (C=O) groups is 1. The molecule has 0 aromatic carbocycles. The summed E-state index contributed by atoms with van der Waals surface area (Å²) < 4.78 is 0. The molecule has 0 saturated heterocycles. The third kappa shape index (κ3) is 5.26. The van der Waals surface area contributed by atoms with Gasteiger partial charge in [-0.05, 0) is 18.6 Å². The third-order valence-corrected chi connectivity index (χ3v) is 3.39. The summed E-state index contributed by atoms with van der Waals surface area (Å²) in [5.74, 6) is -0.0890. The van der Waals surface area contributed by atoms with E-state index in [1.54, 1.807) is 6.08 Å². The Bertz CT molecular complexity index is 562. The SMILES string of the molecule is C=C/C=C\C=C(/C=C)C1NCC(=O)N=C(/C=C\C=C/C)C1C. The lowest BCUT2D eigenvalue weighted by Crippen LogP contribution is -2.39. The van der Waals surface area contributed by atoms with Crippen molar-refractivity contribution in [1.82, 2.24) is 5.32 Å². The van der Waals surface area contributed by atoms with Gasteiger partial charge >= 0.3 is 0 Å². The van der Waals surface area contributed by atoms with Gasteiger partial charge in [0.15, 0.2) is 0 Å². The second kappa shape index (κ2) is 9.64. The first-order valence-corrected chi connectivity index (χ1v) is 7.40. The minimum Gasteiger partial charge on any atom is -0.301 e. The molecule has 3 nitrogen and oxygen atoms in total. The number of nitrogens with zero attached hydrogens (tertiary/aromatic N) is 1. The summed E-state index contributed by atoms with van der Waals surface area (Å²) in [6, 6.07) is -0.00702. The molecular weight excluding hydrogens is 272 g/mol. The van der Waals surface area contributed by atoms with Crippen molar-refractivity contribution in [3.05, 3.63) is 73.4 Å². The number of hydrogen-bond donors (Lipinski definition) is 1. The van der Waals surface area contributed by atoms with Gasteiger partial charge in [-0.2, -0.15) is 0 Å². The largest absolute Gasteiger partial charge is 0.301 e. The van der Waals surface area contributed by atoms with E-state index in [0.717, 1.165) is 11.3 Å². The fraction of sp³-hybridized carbons (Fsp3) is 0.263. The molecule has 0 bridgehead atoms. The van der Waals surface area contributed by atoms with Crippen LogP contribution in [-0.4, -0.2) is 24.2 Å². The van der Waals surface area contributed by atoms with Crippen LogP contribution >= 0.6 is 0 Å². The topological polar surface area (TPSA) is 41.5 Å². The van der Waals surface area contributed by atoms with Crippen LogP contribution in [0.3, 0.4) is 0 Å². The van der Waals surface area contributed by atoms with Crippen molar-refractivity contribution >= 4 is 11.6 Å². The molecule has 0 aromatic rings. The van der Waals surface area contributed by atoms with E-state index < -0.39 is 0 Å². The van der Waals surface area contributed by atoms with Gasteiger partial charge in [-0.15, -0.1) is 0 Å². The highest BCUT2D eigenvalue weighted by Gasteiger charge is 2.26. The minimum absolute atomic E-state index is 0.00702. The highest BCUT2D eigenvalue weighted by molar-refractivity contribution is 6.05. The van der Waals surface area contributed by atoms with Gasteiger partial charge in [0.1, 0.15) is 0 Å². The molecule has 1 aliphatic rings. The molecule has 2 atom stereocenters. The lowest BCUT2D eigenvalue weighted by molar-refractivity contribution is -0.116. The second-order valence-corrected chi connectivity index (χ2v) is 4.95. The predicted molar refractivity (Wildman–Crippen MR) is 95.0 cm³/mol. The molecule has 0 aromatic heterocycles. The second-order valence-electron chi connectivity index (χ2n) is 4.95. The van der Waals surface area contributed by atoms with E-state index in [1.165, 1.54) is 0 Å². The molecule has 1 heterocycles. The van der Waals surface area contributed by atoms with Crippen LogP contribution in [0.1, 0.15) is 13.8 Å². The van der Waals surface area contributed by atoms with E-state index in [0.29, 0.717) is 0 Å². The highest BCUT2D eigenvalue weighted by Crippen LogP contribution is 2.19. The fourth-order valence-electron chi connectivity index (χ4n) is 2.23. The zero-order chi connectivity index (χ0) is 16.4. The van der Waals surface area contributed by atoms with Gasteiger partial charge in [-0.1, -0.05) is 68.7 Å². The maximum Gasteiger partial charge on any atom is 0.259 e. The van der Waals surface area contributed by atoms with Gasteiger partial charge in [-0.25, -0.2) is 4.99 Å². The van der Waals surface area contributed by atoms with Crippen molar-refractivity contribution in [1.29, 1.82) is 0 Å². The Morgan fingerprint density at radius 2 is 2.05 bits per heavy atom. The third-order valence-electron chi connectivity index (χ3n) is 3.39. The predicted octanol–water partition coefficient (Wildman–Crippen LogP) is 3.55. The molecule has 3 heteroatoms. The first kappa shape index (κ1) is 17.8. The van der Waals surface area contributed by atoms with Crippen LogP contribution in [0.4, 0.5) is 0 Å². The molecule has 0 saturated carbocycles. The van der Waals surface area contributed by atoms with Crippen molar-refractivity contribution in [3.8, 4) is 0 Å². The number of allylic oxidation sites excluding steroid dienone is 8. The average molecular weight is 296 g/mol. The summed E-state index contributed by atoms with van der Waals surface area (Å²) in [7, 11) is 0. The Kier molecular flexibility index (Phi) is 7.79. The van der Waals surface area contributed by atoms with Crippen LogP contribution in [0.2, 0.25) is 0 Å². The Morgan fingerprint density at radius 1 is 1.27 bits per heavy atom. The molecule has 0 radical (unpaired) electrons. The zero-order valence-corrected chi connectivity index (χ0v) is 13.3. The van der Waals surface area contributed by atoms with Crippen molar-refractivity contribution < 1.29 is 4.79 Å². The van der Waals surface area contributed by atoms with Crippen molar-refractivity contribution in [2.24, 2.45) is 10.9 Å². The molecule has 0 spiro atoms. The van der Waals surface area contributed by atoms with E-state index in [1.807, 2.05) is 55.5 Å². The van der Waals surface area contributed by atoms with E-state index in [9.17, 15) is 4.79 Å². The first-order valence-electron chi connectivity index (χ1n) is 7.40. The van der Waals surface area contributed by atoms with Gasteiger partial charge in [0.05, 0.1) is 6.54 Å². The number of carbonyl (C=O) groups excluding carboxylic acids is 1. The number of rotatable bonds is 6. The number of amides is 1. The summed E-state index contributed by atoms with van der Waals surface area (Å²) >= 11 is 0. The zero-order valence-electron chi connectivity index (χ0n) is 13.3. The fourth-order valence-corrected chi connectivity index (χ4v) is 2.23. The van der Waals surface area contributed by atoms with Crippen LogP contribution in [0.25, 0.3) is 0 Å². The van der Waals surface area contributed by atoms with Gasteiger partial charge < -0.3 is 5.32 Å². The maximum atomic E-state index is 11.8. The lowest BCUT2D eigenvalue weighted by Gasteiger charge is -2.23. The molecule has 0 aliphatic carbocycles. The Balaban J connectivity index is 3.10. The summed E-state index contributed by atoms with van der Waals surface area (Å²) in [5, 5.41) is 3.26. The summed E-state index contributed by atoms with van der Waals surface area (Å²) in [4.78, 5) is 16.0. The van der Waals surface area contributed by atoms with Crippen LogP contribution < -0.4 is 5.32 Å². The molecule has 0 fully saturated rings. The number of aliphatic imine (C=N–C) groups is 1. The van der Waals surface area contributed by atoms with Crippen molar-refractivity contribution in [2.75, 3.05) is 6.54 Å². The standard InChI is InChI=1S/C19H24N2O/c1-5-8-10-12-16(7-3)19-15(4)17(13-11-9-6-2)21-18(22)14-20-19/h5-13,15,19-20H,1,3,14H2,2,4H3/b9-6-,10-8-,13-11-,16-12+. The summed E-state index contributed by atoms with van der Waals surface area (Å²) in [6.45, 7) is 11.8. The molecule has 22 heavy (non-hydrogen) atoms. The van der Waals surface area contributed by atoms with Crippen molar-refractivity contribution in [2.45, 2.75) is 19.9 Å². The monoisotopic (exact) mass is 296 g/mol. The van der Waals surface area contributed by atoms with Crippen LogP contribution in [0.15, 0.2) is 78.4 Å². The molecule has 1 amide bonds. The lowest BCUT2D eigenvalue weighted by atomic mass is 9.90. The number of nitrogens with one attached hydrogen (secondary N) is 1. The van der Waals surface area contributed by atoms with Gasteiger partial charge in [0, 0.05) is 17.7 Å². The smallest absolute Gasteiger partial charge is 0.259 e. The molecule has 1 rings (SSSR count). The minimum atomic E-state index is -0.153. The van der Waals surface area contributed by atoms with Gasteiger partial charge in [0.2, 0.25) is 0 Å². The van der Waals surface area contributed by atoms with E-state index in [2.05, 4.69) is 30.4 Å². The Morgan fingerprint density at radius 3 is 2.68 bits per heavy atom. The average Bonchev–Trinajstić information content (AvgIpc) is 2.65. The van der Waals surface area contributed by atoms with Crippen LogP contribution in [0, 0.1) is 5.92 Å². The van der Waals surface area contributed by atoms with E-state index in [4.69, 9.17) is 0 Å². The Hall–Kier alpha value is -2.26. The first-order chi connectivity index (χ1) is 10.6. The van der Waals surface area contributed by atoms with E-state index in [-0.39, 0.29) is 24.4 Å². The van der Waals surface area contributed by atoms with Crippen LogP contribution in [0.5, 0.6) is 0 Å². The molecule has 2 unspecified atom stereocenters. The maximum absolute atomic E-state index is 11.8. The van der Waals surface area contributed by atoms with E-state index >= 15 is 0 Å². The summed E-state index contributed by atoms with van der Waals surface area (Å²) in [5.41, 5.74) is 1.80. The molecule has 1 N–H and O–H groups in total. The highest BCUT2D eigenvalue weighted by atomic mass is 16.1. The molecule has 1 aliphatic heterocycles. The van der Waals surface area contributed by atoms with Gasteiger partial charge in [-0.3, -0.25) is 4.79 Å². The van der Waals surface area contributed by atoms with Crippen molar-refractivity contribution in [3.63, 3.8) is 0 Å². The van der Waals surface area contributed by atoms with Gasteiger partial charge in [0.25, 0.3) is 5.91 Å². The van der Waals surface area contributed by atoms with Crippen LogP contribution in [-0.2, 0) is 4.79 Å². The summed E-state index contributed by atoms with van der Waals surface area (Å²) in [6.07, 6.45) is 16.9.